The van der Waals surface area contributed by atoms with Gasteiger partial charge in [0.1, 0.15) is 0 Å². The summed E-state index contributed by atoms with van der Waals surface area (Å²) in [7, 11) is 0. The first-order valence-corrected chi connectivity index (χ1v) is 4.79. The highest BCUT2D eigenvalue weighted by Gasteiger charge is 2.29. The lowest BCUT2D eigenvalue weighted by atomic mass is 9.92. The van der Waals surface area contributed by atoms with E-state index in [2.05, 4.69) is 0 Å². The highest BCUT2D eigenvalue weighted by Crippen LogP contribution is 2.37. The minimum Gasteiger partial charge on any atom is -0.0462 e. The minimum atomic E-state index is 1.11. The van der Waals surface area contributed by atoms with Gasteiger partial charge in [-0.2, -0.15) is 0 Å². The summed E-state index contributed by atoms with van der Waals surface area (Å²) >= 11 is 0. The van der Waals surface area contributed by atoms with E-state index in [1.54, 1.807) is 0 Å². The van der Waals surface area contributed by atoms with Gasteiger partial charge in [-0.25, -0.2) is 0 Å². The fourth-order valence-electron chi connectivity index (χ4n) is 2.50. The van der Waals surface area contributed by atoms with Crippen molar-refractivity contribution >= 4 is 0 Å². The van der Waals surface area contributed by atoms with E-state index < -0.39 is 0 Å². The highest BCUT2D eigenvalue weighted by atomic mass is 14.3. The van der Waals surface area contributed by atoms with Crippen molar-refractivity contribution in [3.63, 3.8) is 0 Å². The van der Waals surface area contributed by atoms with Crippen molar-refractivity contribution in [2.45, 2.75) is 51.4 Å². The van der Waals surface area contributed by atoms with Gasteiger partial charge in [-0.15, -0.1) is 0 Å². The smallest absolute Gasteiger partial charge is 0.0462 e. The Labute approximate surface area is 64.0 Å². The Balaban J connectivity index is 2.01. The molecule has 0 radical (unpaired) electrons. The molecule has 0 aromatic carbocycles. The molecule has 0 N–H and O–H groups in total. The molecule has 2 saturated carbocycles. The lowest BCUT2D eigenvalue weighted by molar-refractivity contribution is 0.422. The molecular formula is C10H17+. The molecule has 0 heterocycles. The molecule has 2 aliphatic carbocycles. The largest absolute Gasteiger partial charge is 0.0904 e. The van der Waals surface area contributed by atoms with Crippen molar-refractivity contribution in [1.29, 1.82) is 0 Å². The second-order valence-electron chi connectivity index (χ2n) is 3.94. The number of hydrogen-bond donors (Lipinski definition) is 0. The maximum atomic E-state index is 1.89. The molecule has 0 nitrogen and oxygen atoms in total. The summed E-state index contributed by atoms with van der Waals surface area (Å²) in [6, 6.07) is 0. The molecule has 2 aliphatic rings. The average Bonchev–Trinajstić information content (AvgIpc) is 2.17. The second kappa shape index (κ2) is 2.86. The Morgan fingerprint density at radius 3 is 2.20 bits per heavy atom. The number of fused-ring (bicyclic) bond motifs is 3. The van der Waals surface area contributed by atoms with Crippen molar-refractivity contribution in [3.05, 3.63) is 5.92 Å². The topological polar surface area (TPSA) is 0 Å². The Bertz CT molecular complexity index is 84.6. The summed E-state index contributed by atoms with van der Waals surface area (Å²) in [6.45, 7) is 0. The molecular weight excluding hydrogens is 120 g/mol. The van der Waals surface area contributed by atoms with Crippen molar-refractivity contribution in [3.8, 4) is 0 Å². The van der Waals surface area contributed by atoms with Crippen LogP contribution >= 0.6 is 0 Å². The molecule has 0 aromatic rings. The van der Waals surface area contributed by atoms with Crippen LogP contribution in [0.5, 0.6) is 0 Å². The van der Waals surface area contributed by atoms with E-state index in [9.17, 15) is 0 Å². The van der Waals surface area contributed by atoms with E-state index >= 15 is 0 Å². The zero-order valence-corrected chi connectivity index (χ0v) is 6.73. The zero-order valence-electron chi connectivity index (χ0n) is 6.73. The van der Waals surface area contributed by atoms with E-state index in [0.717, 1.165) is 5.92 Å². The van der Waals surface area contributed by atoms with Crippen LogP contribution in [0.2, 0.25) is 0 Å². The molecule has 2 bridgehead atoms. The van der Waals surface area contributed by atoms with Gasteiger partial charge < -0.3 is 0 Å². The van der Waals surface area contributed by atoms with Crippen LogP contribution in [0.25, 0.3) is 0 Å². The summed E-state index contributed by atoms with van der Waals surface area (Å²) in [4.78, 5) is 0. The standard InChI is InChI=1S/C10H17/c1-3-9-5-2-6-10(4-1)8-7-9/h9H,1-8H2/q+1. The summed E-state index contributed by atoms with van der Waals surface area (Å²) in [5, 5.41) is 0. The Morgan fingerprint density at radius 2 is 1.50 bits per heavy atom. The van der Waals surface area contributed by atoms with Gasteiger partial charge in [0.15, 0.2) is 0 Å². The molecule has 0 heteroatoms. The molecule has 0 unspecified atom stereocenters. The van der Waals surface area contributed by atoms with Crippen LogP contribution < -0.4 is 0 Å². The summed E-state index contributed by atoms with van der Waals surface area (Å²) in [5.74, 6) is 3.00. The van der Waals surface area contributed by atoms with Crippen molar-refractivity contribution in [2.75, 3.05) is 0 Å². The summed E-state index contributed by atoms with van der Waals surface area (Å²) < 4.78 is 0. The van der Waals surface area contributed by atoms with E-state index in [1.165, 1.54) is 51.4 Å². The molecule has 10 heavy (non-hydrogen) atoms. The SMILES string of the molecule is C1C[C+]2CCCC(C1)CC2. The molecule has 56 valence electrons. The van der Waals surface area contributed by atoms with Gasteiger partial charge in [0.05, 0.1) is 25.2 Å². The minimum absolute atomic E-state index is 1.11. The van der Waals surface area contributed by atoms with Gasteiger partial charge >= 0.3 is 0 Å². The predicted octanol–water partition coefficient (Wildman–Crippen LogP) is 3.33. The van der Waals surface area contributed by atoms with Gasteiger partial charge in [0.2, 0.25) is 0 Å². The third-order valence-corrected chi connectivity index (χ3v) is 3.19. The van der Waals surface area contributed by atoms with Gasteiger partial charge in [-0.1, -0.05) is 0 Å². The molecule has 2 fully saturated rings. The Kier molecular flexibility index (Phi) is 1.88. The Morgan fingerprint density at radius 1 is 0.800 bits per heavy atom. The number of rotatable bonds is 0. The molecule has 0 saturated heterocycles. The Hall–Kier alpha value is -0.130. The zero-order chi connectivity index (χ0) is 6.81. The fraction of sp³-hybridized carbons (Fsp3) is 0.900. The third-order valence-electron chi connectivity index (χ3n) is 3.19. The van der Waals surface area contributed by atoms with E-state index in [-0.39, 0.29) is 0 Å². The maximum Gasteiger partial charge on any atom is 0.0904 e. The fourth-order valence-corrected chi connectivity index (χ4v) is 2.50. The van der Waals surface area contributed by atoms with Crippen LogP contribution in [0.4, 0.5) is 0 Å². The van der Waals surface area contributed by atoms with Crippen LogP contribution in [-0.2, 0) is 0 Å². The quantitative estimate of drug-likeness (QED) is 0.449. The molecule has 0 amide bonds. The maximum absolute atomic E-state index is 1.89. The van der Waals surface area contributed by atoms with Gasteiger partial charge in [-0.3, -0.25) is 0 Å². The van der Waals surface area contributed by atoms with Crippen LogP contribution in [0.15, 0.2) is 0 Å². The molecule has 0 aliphatic heterocycles. The molecule has 0 spiro atoms. The second-order valence-corrected chi connectivity index (χ2v) is 3.94. The summed E-state index contributed by atoms with van der Waals surface area (Å²) in [5.41, 5.74) is 0. The monoisotopic (exact) mass is 137 g/mol. The summed E-state index contributed by atoms with van der Waals surface area (Å²) in [6.07, 6.45) is 12.0. The van der Waals surface area contributed by atoms with Crippen LogP contribution in [0.1, 0.15) is 51.4 Å². The first kappa shape index (κ1) is 6.57. The van der Waals surface area contributed by atoms with Gasteiger partial charge in [0, 0.05) is 0 Å². The lowest BCUT2D eigenvalue weighted by Gasteiger charge is -2.09. The van der Waals surface area contributed by atoms with Crippen molar-refractivity contribution < 1.29 is 0 Å². The van der Waals surface area contributed by atoms with E-state index in [0.29, 0.717) is 0 Å². The van der Waals surface area contributed by atoms with Crippen LogP contribution in [0, 0.1) is 11.8 Å². The molecule has 0 aromatic heterocycles. The van der Waals surface area contributed by atoms with Crippen LogP contribution in [0.3, 0.4) is 0 Å². The van der Waals surface area contributed by atoms with E-state index in [4.69, 9.17) is 0 Å². The van der Waals surface area contributed by atoms with Crippen molar-refractivity contribution in [2.24, 2.45) is 5.92 Å². The van der Waals surface area contributed by atoms with E-state index in [1.807, 2.05) is 5.92 Å². The third kappa shape index (κ3) is 1.31. The molecule has 0 atom stereocenters. The van der Waals surface area contributed by atoms with Crippen LogP contribution in [-0.4, -0.2) is 0 Å². The number of hydrogen-bond acceptors (Lipinski definition) is 0. The highest BCUT2D eigenvalue weighted by molar-refractivity contribution is 4.94. The van der Waals surface area contributed by atoms with Crippen molar-refractivity contribution in [1.82, 2.24) is 0 Å². The average molecular weight is 137 g/mol. The normalized spacial score (nSPS) is 28.2. The molecule has 2 rings (SSSR count). The predicted molar refractivity (Wildman–Crippen MR) is 43.7 cm³/mol. The lowest BCUT2D eigenvalue weighted by Crippen LogP contribution is -1.98. The first-order chi connectivity index (χ1) is 4.95. The van der Waals surface area contributed by atoms with Gasteiger partial charge in [0.25, 0.3) is 0 Å². The first-order valence-electron chi connectivity index (χ1n) is 4.79. The van der Waals surface area contributed by atoms with Gasteiger partial charge in [-0.05, 0) is 38.0 Å².